The number of rotatable bonds is 13. The van der Waals surface area contributed by atoms with Crippen LogP contribution in [0.4, 0.5) is 5.82 Å². The van der Waals surface area contributed by atoms with Crippen molar-refractivity contribution in [2.75, 3.05) is 11.9 Å². The predicted molar refractivity (Wildman–Crippen MR) is 122 cm³/mol. The van der Waals surface area contributed by atoms with Gasteiger partial charge in [0.1, 0.15) is 11.6 Å². The van der Waals surface area contributed by atoms with Crippen LogP contribution in [0.1, 0.15) is 76.2 Å². The van der Waals surface area contributed by atoms with Gasteiger partial charge < -0.3 is 14.8 Å². The first-order valence-corrected chi connectivity index (χ1v) is 11.1. The summed E-state index contributed by atoms with van der Waals surface area (Å²) in [4.78, 5) is 36.8. The minimum atomic E-state index is -0.989. The van der Waals surface area contributed by atoms with Crippen molar-refractivity contribution in [3.63, 3.8) is 0 Å². The van der Waals surface area contributed by atoms with Gasteiger partial charge in [-0.05, 0) is 51.5 Å². The predicted octanol–water partition coefficient (Wildman–Crippen LogP) is 4.57. The van der Waals surface area contributed by atoms with E-state index in [0.717, 1.165) is 25.0 Å². The van der Waals surface area contributed by atoms with Crippen LogP contribution in [0.15, 0.2) is 36.5 Å². The summed E-state index contributed by atoms with van der Waals surface area (Å²) in [5.74, 6) is 0.0184. The number of nitrogens with zero attached hydrogens (tertiary/aromatic N) is 2. The first kappa shape index (κ1) is 25.1. The van der Waals surface area contributed by atoms with Crippen molar-refractivity contribution in [1.82, 2.24) is 9.78 Å². The summed E-state index contributed by atoms with van der Waals surface area (Å²) < 4.78 is 12.5. The lowest BCUT2D eigenvalue weighted by Gasteiger charge is -2.15. The number of nitrogens with one attached hydrogen (secondary N) is 1. The van der Waals surface area contributed by atoms with E-state index in [1.165, 1.54) is 6.92 Å². The number of hydrogen-bond acceptors (Lipinski definition) is 6. The Labute approximate surface area is 189 Å². The second-order valence-electron chi connectivity index (χ2n) is 7.88. The molecule has 1 heterocycles. The van der Waals surface area contributed by atoms with Crippen molar-refractivity contribution in [2.24, 2.45) is 0 Å². The molecule has 0 saturated carbocycles. The van der Waals surface area contributed by atoms with E-state index in [9.17, 15) is 14.4 Å². The number of ketones is 1. The van der Waals surface area contributed by atoms with Crippen LogP contribution in [-0.2, 0) is 14.3 Å². The van der Waals surface area contributed by atoms with Crippen LogP contribution in [0.5, 0.6) is 5.75 Å². The number of carbonyl (C=O) groups excluding carboxylic acids is 3. The largest absolute Gasteiger partial charge is 0.494 e. The number of ether oxygens (including phenoxy) is 2. The molecule has 174 valence electrons. The maximum atomic E-state index is 12.4. The van der Waals surface area contributed by atoms with Crippen LogP contribution >= 0.6 is 0 Å². The Morgan fingerprint density at radius 2 is 1.75 bits per heavy atom. The van der Waals surface area contributed by atoms with Crippen molar-refractivity contribution in [1.29, 1.82) is 0 Å². The Hall–Kier alpha value is -3.16. The summed E-state index contributed by atoms with van der Waals surface area (Å²) in [6, 6.07) is 8.64. The lowest BCUT2D eigenvalue weighted by molar-refractivity contribution is -0.153. The number of anilines is 1. The van der Waals surface area contributed by atoms with E-state index in [4.69, 9.17) is 9.47 Å². The summed E-state index contributed by atoms with van der Waals surface area (Å²) in [6.07, 6.45) is 3.75. The van der Waals surface area contributed by atoms with E-state index in [1.54, 1.807) is 41.2 Å². The van der Waals surface area contributed by atoms with E-state index in [2.05, 4.69) is 17.3 Å². The molecule has 0 radical (unpaired) electrons. The highest BCUT2D eigenvalue weighted by molar-refractivity contribution is 5.98. The number of carbonyl (C=O) groups is 3. The number of amides is 1. The maximum absolute atomic E-state index is 12.4. The molecule has 32 heavy (non-hydrogen) atoms. The molecule has 0 fully saturated rings. The standard InChI is InChI=1S/C24H33N3O5/c1-5-6-7-16-31-20-10-8-19(9-11-20)21(28)12-13-23(29)32-18(4)24(30)26-22-14-15-25-27(22)17(2)3/h8-11,14-15,17-18H,5-7,12-13,16H2,1-4H3,(H,26,30). The Morgan fingerprint density at radius 3 is 2.41 bits per heavy atom. The molecule has 1 N–H and O–H groups in total. The Morgan fingerprint density at radius 1 is 1.03 bits per heavy atom. The zero-order valence-corrected chi connectivity index (χ0v) is 19.3. The average Bonchev–Trinajstić information content (AvgIpc) is 3.24. The van der Waals surface area contributed by atoms with Crippen LogP contribution in [-0.4, -0.2) is 40.2 Å². The first-order valence-electron chi connectivity index (χ1n) is 11.1. The van der Waals surface area contributed by atoms with Crippen LogP contribution in [0, 0.1) is 0 Å². The maximum Gasteiger partial charge on any atom is 0.307 e. The van der Waals surface area contributed by atoms with Crippen molar-refractivity contribution >= 4 is 23.5 Å². The highest BCUT2D eigenvalue weighted by Crippen LogP contribution is 2.16. The van der Waals surface area contributed by atoms with E-state index >= 15 is 0 Å². The van der Waals surface area contributed by atoms with E-state index in [-0.39, 0.29) is 24.7 Å². The van der Waals surface area contributed by atoms with Crippen molar-refractivity contribution in [3.05, 3.63) is 42.1 Å². The van der Waals surface area contributed by atoms with Gasteiger partial charge in [0.05, 0.1) is 19.2 Å². The summed E-state index contributed by atoms with van der Waals surface area (Å²) in [7, 11) is 0. The molecular formula is C24H33N3O5. The SMILES string of the molecule is CCCCCOc1ccc(C(=O)CCC(=O)OC(C)C(=O)Nc2ccnn2C(C)C)cc1. The van der Waals surface area contributed by atoms with Gasteiger partial charge in [-0.3, -0.25) is 14.4 Å². The number of esters is 1. The molecule has 0 aliphatic carbocycles. The molecule has 0 bridgehead atoms. The number of aromatic nitrogens is 2. The molecule has 1 amide bonds. The smallest absolute Gasteiger partial charge is 0.307 e. The molecule has 1 unspecified atom stereocenters. The van der Waals surface area contributed by atoms with Gasteiger partial charge in [-0.1, -0.05) is 19.8 Å². The topological polar surface area (TPSA) is 99.5 Å². The van der Waals surface area contributed by atoms with Crippen molar-refractivity contribution in [3.8, 4) is 5.75 Å². The van der Waals surface area contributed by atoms with E-state index in [0.29, 0.717) is 18.0 Å². The number of Topliss-reactive ketones (excluding diaryl/α,β-unsaturated/α-hetero) is 1. The molecular weight excluding hydrogens is 410 g/mol. The molecule has 1 aromatic heterocycles. The molecule has 1 atom stereocenters. The van der Waals surface area contributed by atoms with Gasteiger partial charge in [0.25, 0.3) is 5.91 Å². The second-order valence-corrected chi connectivity index (χ2v) is 7.88. The molecule has 0 aliphatic heterocycles. The van der Waals surface area contributed by atoms with Gasteiger partial charge in [-0.25, -0.2) is 4.68 Å². The van der Waals surface area contributed by atoms with Crippen LogP contribution < -0.4 is 10.1 Å². The summed E-state index contributed by atoms with van der Waals surface area (Å²) in [5, 5.41) is 6.84. The van der Waals surface area contributed by atoms with Crippen LogP contribution in [0.3, 0.4) is 0 Å². The third kappa shape index (κ3) is 7.83. The van der Waals surface area contributed by atoms with Crippen LogP contribution in [0.25, 0.3) is 0 Å². The second kappa shape index (κ2) is 12.6. The third-order valence-electron chi connectivity index (χ3n) is 4.84. The highest BCUT2D eigenvalue weighted by atomic mass is 16.5. The summed E-state index contributed by atoms with van der Waals surface area (Å²) >= 11 is 0. The van der Waals surface area contributed by atoms with Crippen molar-refractivity contribution < 1.29 is 23.9 Å². The minimum absolute atomic E-state index is 0.00396. The Bertz CT molecular complexity index is 889. The Balaban J connectivity index is 1.76. The van der Waals surface area contributed by atoms with Crippen molar-refractivity contribution in [2.45, 2.75) is 71.9 Å². The highest BCUT2D eigenvalue weighted by Gasteiger charge is 2.20. The van der Waals surface area contributed by atoms with Gasteiger partial charge in [-0.15, -0.1) is 0 Å². The Kier molecular flexibility index (Phi) is 9.91. The molecule has 2 rings (SSSR count). The van der Waals surface area contributed by atoms with Gasteiger partial charge in [-0.2, -0.15) is 5.10 Å². The minimum Gasteiger partial charge on any atom is -0.494 e. The van der Waals surface area contributed by atoms with Gasteiger partial charge in [0.2, 0.25) is 0 Å². The molecule has 2 aromatic rings. The molecule has 8 nitrogen and oxygen atoms in total. The van der Waals surface area contributed by atoms with E-state index < -0.39 is 18.0 Å². The monoisotopic (exact) mass is 443 g/mol. The number of unbranched alkanes of at least 4 members (excludes halogenated alkanes) is 2. The number of hydrogen-bond donors (Lipinski definition) is 1. The molecule has 0 spiro atoms. The first-order chi connectivity index (χ1) is 15.3. The fourth-order valence-electron chi connectivity index (χ4n) is 3.00. The zero-order valence-electron chi connectivity index (χ0n) is 19.3. The molecule has 8 heteroatoms. The fourth-order valence-corrected chi connectivity index (χ4v) is 3.00. The zero-order chi connectivity index (χ0) is 23.5. The lowest BCUT2D eigenvalue weighted by atomic mass is 10.1. The van der Waals surface area contributed by atoms with Crippen LogP contribution in [0.2, 0.25) is 0 Å². The third-order valence-corrected chi connectivity index (χ3v) is 4.84. The van der Waals surface area contributed by atoms with Gasteiger partial charge in [0.15, 0.2) is 11.9 Å². The lowest BCUT2D eigenvalue weighted by Crippen LogP contribution is -2.31. The van der Waals surface area contributed by atoms with Gasteiger partial charge >= 0.3 is 5.97 Å². The van der Waals surface area contributed by atoms with E-state index in [1.807, 2.05) is 13.8 Å². The molecule has 0 aliphatic rings. The summed E-state index contributed by atoms with van der Waals surface area (Å²) in [5.41, 5.74) is 0.506. The number of benzene rings is 1. The molecule has 0 saturated heterocycles. The normalized spacial score (nSPS) is 11.8. The van der Waals surface area contributed by atoms with Gasteiger partial charge in [0, 0.05) is 24.1 Å². The molecule has 1 aromatic carbocycles. The summed E-state index contributed by atoms with van der Waals surface area (Å²) in [6.45, 7) is 8.16. The quantitative estimate of drug-likeness (QED) is 0.277. The average molecular weight is 444 g/mol. The fraction of sp³-hybridized carbons (Fsp3) is 0.500.